The number of piperidine rings is 1. The van der Waals surface area contributed by atoms with Gasteiger partial charge < -0.3 is 9.64 Å². The zero-order valence-corrected chi connectivity index (χ0v) is 16.8. The Hall–Kier alpha value is -1.24. The molecule has 1 aromatic carbocycles. The van der Waals surface area contributed by atoms with E-state index in [1.54, 1.807) is 11.2 Å². The van der Waals surface area contributed by atoms with Crippen LogP contribution in [-0.4, -0.2) is 46.6 Å². The van der Waals surface area contributed by atoms with Crippen molar-refractivity contribution in [2.75, 3.05) is 19.3 Å². The molecule has 1 aliphatic heterocycles. The van der Waals surface area contributed by atoms with E-state index in [0.717, 1.165) is 16.9 Å². The normalized spacial score (nSPS) is 20.0. The van der Waals surface area contributed by atoms with E-state index < -0.39 is 16.2 Å². The molecule has 2 rings (SSSR count). The fourth-order valence-electron chi connectivity index (χ4n) is 2.62. The molecule has 6 heteroatoms. The Kier molecular flexibility index (Phi) is 6.40. The van der Waals surface area contributed by atoms with E-state index in [2.05, 4.69) is 0 Å². The number of rotatable bonds is 5. The first-order valence-electron chi connectivity index (χ1n) is 8.86. The summed E-state index contributed by atoms with van der Waals surface area (Å²) in [6.07, 6.45) is 3.63. The smallest absolute Gasteiger partial charge is 0.410 e. The monoisotopic (exact) mass is 369 g/mol. The van der Waals surface area contributed by atoms with Crippen LogP contribution < -0.4 is 0 Å². The number of carbonyl (C=O) groups excluding carboxylic acids is 1. The maximum absolute atomic E-state index is 12.2. The van der Waals surface area contributed by atoms with Gasteiger partial charge in [0.05, 0.1) is 11.0 Å². The standard InChI is InChI=1S/C19H31NO4S/c1-6-19(3,4)23-18(21)20-13-11-16(12-14-20)24-25(5,22)17-9-7-15(2)8-10-17/h7-10,16,22H,6,11-14H2,1-5H3. The third kappa shape index (κ3) is 5.62. The average Bonchev–Trinajstić information content (AvgIpc) is 2.55. The second kappa shape index (κ2) is 7.98. The Morgan fingerprint density at radius 3 is 2.36 bits per heavy atom. The summed E-state index contributed by atoms with van der Waals surface area (Å²) >= 11 is 0. The molecule has 1 amide bonds. The van der Waals surface area contributed by atoms with Crippen LogP contribution in [0.1, 0.15) is 45.6 Å². The van der Waals surface area contributed by atoms with Gasteiger partial charge in [0.25, 0.3) is 0 Å². The molecule has 0 radical (unpaired) electrons. The molecule has 1 heterocycles. The summed E-state index contributed by atoms with van der Waals surface area (Å²) in [6.45, 7) is 9.04. The summed E-state index contributed by atoms with van der Waals surface area (Å²) in [5, 5.41) is 0. The molecule has 0 aliphatic carbocycles. The third-order valence-electron chi connectivity index (χ3n) is 4.70. The number of amides is 1. The van der Waals surface area contributed by atoms with Gasteiger partial charge in [0.15, 0.2) is 0 Å². The fourth-order valence-corrected chi connectivity index (χ4v) is 4.09. The number of aryl methyl sites for hydroxylation is 1. The van der Waals surface area contributed by atoms with E-state index in [-0.39, 0.29) is 12.2 Å². The molecule has 1 atom stereocenters. The molecule has 1 aromatic rings. The highest BCUT2D eigenvalue weighted by atomic mass is 32.3. The molecule has 1 aliphatic rings. The maximum atomic E-state index is 12.2. The van der Waals surface area contributed by atoms with Crippen molar-refractivity contribution in [3.63, 3.8) is 0 Å². The van der Waals surface area contributed by atoms with Crippen molar-refractivity contribution in [2.45, 2.75) is 63.6 Å². The minimum absolute atomic E-state index is 0.0467. The molecule has 5 nitrogen and oxygen atoms in total. The van der Waals surface area contributed by atoms with Gasteiger partial charge in [0.1, 0.15) is 5.60 Å². The highest BCUT2D eigenvalue weighted by Crippen LogP contribution is 2.51. The highest BCUT2D eigenvalue weighted by Gasteiger charge is 2.30. The Balaban J connectivity index is 1.87. The predicted octanol–water partition coefficient (Wildman–Crippen LogP) is 4.98. The summed E-state index contributed by atoms with van der Waals surface area (Å²) in [6, 6.07) is 7.80. The molecular formula is C19H31NO4S. The van der Waals surface area contributed by atoms with Gasteiger partial charge in [0.2, 0.25) is 0 Å². The van der Waals surface area contributed by atoms with E-state index in [4.69, 9.17) is 8.92 Å². The van der Waals surface area contributed by atoms with Gasteiger partial charge in [-0.05, 0) is 52.2 Å². The van der Waals surface area contributed by atoms with Crippen molar-refractivity contribution < 1.29 is 18.3 Å². The number of hydrogen-bond donors (Lipinski definition) is 1. The number of benzene rings is 1. The number of nitrogens with zero attached hydrogens (tertiary/aromatic N) is 1. The lowest BCUT2D eigenvalue weighted by Gasteiger charge is -2.40. The first-order chi connectivity index (χ1) is 11.6. The van der Waals surface area contributed by atoms with E-state index >= 15 is 0 Å². The van der Waals surface area contributed by atoms with Crippen molar-refractivity contribution in [3.05, 3.63) is 29.8 Å². The van der Waals surface area contributed by atoms with Gasteiger partial charge in [-0.2, -0.15) is 10.6 Å². The highest BCUT2D eigenvalue weighted by molar-refractivity contribution is 8.24. The maximum Gasteiger partial charge on any atom is 0.410 e. The molecule has 1 fully saturated rings. The summed E-state index contributed by atoms with van der Waals surface area (Å²) in [7, 11) is -2.28. The molecule has 25 heavy (non-hydrogen) atoms. The van der Waals surface area contributed by atoms with Gasteiger partial charge in [0, 0.05) is 19.3 Å². The summed E-state index contributed by atoms with van der Waals surface area (Å²) in [5.74, 6) is 0. The molecule has 142 valence electrons. The van der Waals surface area contributed by atoms with Crippen LogP contribution in [0, 0.1) is 6.92 Å². The lowest BCUT2D eigenvalue weighted by molar-refractivity contribution is 0.00172. The Morgan fingerprint density at radius 2 is 1.84 bits per heavy atom. The zero-order valence-electron chi connectivity index (χ0n) is 15.9. The summed E-state index contributed by atoms with van der Waals surface area (Å²) in [4.78, 5) is 14.8. The lowest BCUT2D eigenvalue weighted by atomic mass is 10.1. The number of likely N-dealkylation sites (tertiary alicyclic amines) is 1. The molecule has 0 bridgehead atoms. The zero-order chi connectivity index (χ0) is 18.7. The van der Waals surface area contributed by atoms with Crippen LogP contribution in [0.25, 0.3) is 0 Å². The molecule has 1 unspecified atom stereocenters. The SMILES string of the molecule is CCC(C)(C)OC(=O)N1CCC(OS(C)(O)c2ccc(C)cc2)CC1. The molecular weight excluding hydrogens is 338 g/mol. The van der Waals surface area contributed by atoms with Crippen LogP contribution in [0.5, 0.6) is 0 Å². The minimum Gasteiger partial charge on any atom is -0.443 e. The quantitative estimate of drug-likeness (QED) is 0.795. The van der Waals surface area contributed by atoms with Crippen molar-refractivity contribution >= 4 is 16.7 Å². The summed E-state index contributed by atoms with van der Waals surface area (Å²) < 4.78 is 22.3. The Labute approximate surface area is 153 Å². The van der Waals surface area contributed by atoms with Crippen molar-refractivity contribution in [3.8, 4) is 0 Å². The second-order valence-electron chi connectivity index (χ2n) is 7.38. The van der Waals surface area contributed by atoms with E-state index in [1.165, 1.54) is 0 Å². The van der Waals surface area contributed by atoms with Crippen LogP contribution in [0.2, 0.25) is 0 Å². The van der Waals surface area contributed by atoms with Crippen molar-refractivity contribution in [1.82, 2.24) is 4.90 Å². The van der Waals surface area contributed by atoms with E-state index in [0.29, 0.717) is 25.9 Å². The second-order valence-corrected chi connectivity index (χ2v) is 9.65. The first kappa shape index (κ1) is 20.1. The van der Waals surface area contributed by atoms with Gasteiger partial charge in [-0.3, -0.25) is 8.74 Å². The van der Waals surface area contributed by atoms with Gasteiger partial charge in [-0.25, -0.2) is 4.79 Å². The minimum atomic E-state index is -2.28. The largest absolute Gasteiger partial charge is 0.443 e. The molecule has 1 N–H and O–H groups in total. The van der Waals surface area contributed by atoms with Crippen LogP contribution in [0.15, 0.2) is 29.2 Å². The third-order valence-corrected chi connectivity index (χ3v) is 6.49. The number of carbonyl (C=O) groups is 1. The lowest BCUT2D eigenvalue weighted by Crippen LogP contribution is -2.44. The van der Waals surface area contributed by atoms with Crippen LogP contribution in [0.4, 0.5) is 4.79 Å². The number of hydrogen-bond acceptors (Lipinski definition) is 4. The van der Waals surface area contributed by atoms with Crippen molar-refractivity contribution in [2.24, 2.45) is 0 Å². The van der Waals surface area contributed by atoms with E-state index in [1.807, 2.05) is 52.0 Å². The average molecular weight is 370 g/mol. The van der Waals surface area contributed by atoms with Crippen LogP contribution >= 0.6 is 10.6 Å². The fraction of sp³-hybridized carbons (Fsp3) is 0.632. The Bertz CT molecular complexity index is 578. The first-order valence-corrected chi connectivity index (χ1v) is 10.8. The topological polar surface area (TPSA) is 59.0 Å². The summed E-state index contributed by atoms with van der Waals surface area (Å²) in [5.41, 5.74) is 0.713. The molecule has 0 saturated carbocycles. The van der Waals surface area contributed by atoms with Crippen LogP contribution in [-0.2, 0) is 8.92 Å². The Morgan fingerprint density at radius 1 is 1.28 bits per heavy atom. The van der Waals surface area contributed by atoms with Crippen molar-refractivity contribution in [1.29, 1.82) is 0 Å². The van der Waals surface area contributed by atoms with E-state index in [9.17, 15) is 9.35 Å². The van der Waals surface area contributed by atoms with Crippen LogP contribution in [0.3, 0.4) is 0 Å². The molecule has 0 aromatic heterocycles. The van der Waals surface area contributed by atoms with Gasteiger partial charge >= 0.3 is 6.09 Å². The molecule has 0 spiro atoms. The molecule has 1 saturated heterocycles. The van der Waals surface area contributed by atoms with Gasteiger partial charge in [-0.1, -0.05) is 24.6 Å². The number of ether oxygens (including phenoxy) is 1. The predicted molar refractivity (Wildman–Crippen MR) is 102 cm³/mol. The van der Waals surface area contributed by atoms with Gasteiger partial charge in [-0.15, -0.1) is 0 Å².